The van der Waals surface area contributed by atoms with Crippen LogP contribution >= 0.6 is 0 Å². The summed E-state index contributed by atoms with van der Waals surface area (Å²) in [5, 5.41) is 0. The topological polar surface area (TPSA) is 37.4 Å². The first-order valence-corrected chi connectivity index (χ1v) is 9.06. The maximum absolute atomic E-state index is 13.0. The second kappa shape index (κ2) is 6.14. The zero-order valence-corrected chi connectivity index (χ0v) is 14.7. The Labute approximate surface area is 148 Å². The van der Waals surface area contributed by atoms with Crippen LogP contribution in [0.25, 0.3) is 0 Å². The number of rotatable bonds is 2. The van der Waals surface area contributed by atoms with Crippen LogP contribution in [0.1, 0.15) is 41.9 Å². The number of imide groups is 1. The SMILES string of the molecule is Cc1ccc(N2C(=O)C3CCC(c4ccccc4)CC3C2=O)cc1C. The number of carbonyl (C=O) groups excluding carboxylic acids is 2. The molecule has 1 saturated heterocycles. The van der Waals surface area contributed by atoms with Crippen LogP contribution in [0, 0.1) is 25.7 Å². The molecule has 128 valence electrons. The fraction of sp³-hybridized carbons (Fsp3) is 0.364. The molecule has 0 aromatic heterocycles. The Bertz CT molecular complexity index is 827. The van der Waals surface area contributed by atoms with Crippen LogP contribution in [0.15, 0.2) is 48.5 Å². The molecule has 4 rings (SSSR count). The summed E-state index contributed by atoms with van der Waals surface area (Å²) >= 11 is 0. The minimum Gasteiger partial charge on any atom is -0.274 e. The van der Waals surface area contributed by atoms with E-state index in [0.717, 1.165) is 30.5 Å². The van der Waals surface area contributed by atoms with E-state index in [4.69, 9.17) is 0 Å². The third kappa shape index (κ3) is 2.68. The molecule has 0 spiro atoms. The lowest BCUT2D eigenvalue weighted by atomic mass is 9.73. The molecule has 2 aromatic rings. The highest BCUT2D eigenvalue weighted by molar-refractivity contribution is 6.22. The van der Waals surface area contributed by atoms with E-state index in [1.165, 1.54) is 16.0 Å². The van der Waals surface area contributed by atoms with E-state index in [0.29, 0.717) is 5.92 Å². The Morgan fingerprint density at radius 3 is 2.28 bits per heavy atom. The molecule has 3 nitrogen and oxygen atoms in total. The zero-order chi connectivity index (χ0) is 17.6. The van der Waals surface area contributed by atoms with Gasteiger partial charge in [-0.05, 0) is 67.9 Å². The number of benzene rings is 2. The van der Waals surface area contributed by atoms with Gasteiger partial charge in [0.05, 0.1) is 17.5 Å². The molecule has 0 radical (unpaired) electrons. The number of hydrogen-bond acceptors (Lipinski definition) is 2. The van der Waals surface area contributed by atoms with Crippen molar-refractivity contribution >= 4 is 17.5 Å². The number of aryl methyl sites for hydroxylation is 2. The smallest absolute Gasteiger partial charge is 0.237 e. The lowest BCUT2D eigenvalue weighted by molar-refractivity contribution is -0.122. The van der Waals surface area contributed by atoms with Gasteiger partial charge in [0.25, 0.3) is 0 Å². The van der Waals surface area contributed by atoms with E-state index >= 15 is 0 Å². The van der Waals surface area contributed by atoms with Crippen LogP contribution in [0.4, 0.5) is 5.69 Å². The van der Waals surface area contributed by atoms with Gasteiger partial charge >= 0.3 is 0 Å². The van der Waals surface area contributed by atoms with Gasteiger partial charge in [-0.25, -0.2) is 0 Å². The molecule has 2 aliphatic rings. The highest BCUT2D eigenvalue weighted by atomic mass is 16.2. The Morgan fingerprint density at radius 2 is 1.56 bits per heavy atom. The number of amides is 2. The average Bonchev–Trinajstić information content (AvgIpc) is 2.89. The van der Waals surface area contributed by atoms with Crippen LogP contribution in [-0.4, -0.2) is 11.8 Å². The normalized spacial score (nSPS) is 26.0. The molecule has 2 amide bonds. The van der Waals surface area contributed by atoms with Gasteiger partial charge in [0.2, 0.25) is 11.8 Å². The number of anilines is 1. The number of nitrogens with zero attached hydrogens (tertiary/aromatic N) is 1. The highest BCUT2D eigenvalue weighted by Crippen LogP contribution is 2.45. The van der Waals surface area contributed by atoms with Gasteiger partial charge in [-0.3, -0.25) is 14.5 Å². The molecule has 2 aromatic carbocycles. The van der Waals surface area contributed by atoms with Gasteiger partial charge in [-0.15, -0.1) is 0 Å². The summed E-state index contributed by atoms with van der Waals surface area (Å²) in [7, 11) is 0. The maximum Gasteiger partial charge on any atom is 0.237 e. The van der Waals surface area contributed by atoms with Crippen molar-refractivity contribution in [2.24, 2.45) is 11.8 Å². The van der Waals surface area contributed by atoms with E-state index in [-0.39, 0.29) is 23.7 Å². The second-order valence-corrected chi connectivity index (χ2v) is 7.41. The number of fused-ring (bicyclic) bond motifs is 1. The molecule has 1 aliphatic carbocycles. The largest absolute Gasteiger partial charge is 0.274 e. The van der Waals surface area contributed by atoms with Gasteiger partial charge in [0.1, 0.15) is 0 Å². The molecule has 1 aliphatic heterocycles. The first-order valence-electron chi connectivity index (χ1n) is 9.06. The van der Waals surface area contributed by atoms with Crippen LogP contribution in [0.3, 0.4) is 0 Å². The van der Waals surface area contributed by atoms with Crippen molar-refractivity contribution in [2.75, 3.05) is 4.90 Å². The first kappa shape index (κ1) is 16.1. The summed E-state index contributed by atoms with van der Waals surface area (Å²) in [4.78, 5) is 27.4. The van der Waals surface area contributed by atoms with E-state index in [9.17, 15) is 9.59 Å². The van der Waals surface area contributed by atoms with Crippen LogP contribution < -0.4 is 4.90 Å². The Balaban J connectivity index is 1.61. The Kier molecular flexibility index (Phi) is 3.95. The molecule has 3 unspecified atom stereocenters. The van der Waals surface area contributed by atoms with Crippen molar-refractivity contribution in [1.29, 1.82) is 0 Å². The summed E-state index contributed by atoms with van der Waals surface area (Å²) in [6, 6.07) is 16.2. The standard InChI is InChI=1S/C22H23NO2/c1-14-8-10-18(12-15(14)2)23-21(24)19-11-9-17(13-20(19)22(23)25)16-6-4-3-5-7-16/h3-8,10,12,17,19-20H,9,11,13H2,1-2H3. The van der Waals surface area contributed by atoms with Crippen LogP contribution in [0.5, 0.6) is 0 Å². The summed E-state index contributed by atoms with van der Waals surface area (Å²) in [6.45, 7) is 4.05. The number of carbonyl (C=O) groups is 2. The molecule has 2 fully saturated rings. The quantitative estimate of drug-likeness (QED) is 0.765. The second-order valence-electron chi connectivity index (χ2n) is 7.41. The summed E-state index contributed by atoms with van der Waals surface area (Å²) in [5.74, 6) is 0.0321. The molecule has 1 saturated carbocycles. The molecule has 1 heterocycles. The third-order valence-electron chi connectivity index (χ3n) is 5.95. The third-order valence-corrected chi connectivity index (χ3v) is 5.95. The predicted molar refractivity (Wildman–Crippen MR) is 98.4 cm³/mol. The first-order chi connectivity index (χ1) is 12.1. The van der Waals surface area contributed by atoms with Gasteiger partial charge in [-0.2, -0.15) is 0 Å². The molecule has 0 bridgehead atoms. The fourth-order valence-electron chi connectivity index (χ4n) is 4.33. The van der Waals surface area contributed by atoms with Crippen molar-refractivity contribution in [3.8, 4) is 0 Å². The van der Waals surface area contributed by atoms with E-state index in [1.54, 1.807) is 0 Å². The van der Waals surface area contributed by atoms with E-state index < -0.39 is 0 Å². The average molecular weight is 333 g/mol. The molecular weight excluding hydrogens is 310 g/mol. The maximum atomic E-state index is 13.0. The summed E-state index contributed by atoms with van der Waals surface area (Å²) in [5.41, 5.74) is 4.29. The van der Waals surface area contributed by atoms with E-state index in [2.05, 4.69) is 12.1 Å². The van der Waals surface area contributed by atoms with Gasteiger partial charge in [0.15, 0.2) is 0 Å². The molecule has 3 heteroatoms. The van der Waals surface area contributed by atoms with Crippen molar-refractivity contribution in [3.63, 3.8) is 0 Å². The highest BCUT2D eigenvalue weighted by Gasteiger charge is 2.50. The Hall–Kier alpha value is -2.42. The Morgan fingerprint density at radius 1 is 0.840 bits per heavy atom. The van der Waals surface area contributed by atoms with Crippen LogP contribution in [-0.2, 0) is 9.59 Å². The minimum atomic E-state index is -0.173. The van der Waals surface area contributed by atoms with Crippen molar-refractivity contribution in [2.45, 2.75) is 39.0 Å². The molecule has 0 N–H and O–H groups in total. The molecule has 25 heavy (non-hydrogen) atoms. The van der Waals surface area contributed by atoms with E-state index in [1.807, 2.05) is 50.2 Å². The van der Waals surface area contributed by atoms with Gasteiger partial charge in [0, 0.05) is 0 Å². The number of hydrogen-bond donors (Lipinski definition) is 0. The lowest BCUT2D eigenvalue weighted by Gasteiger charge is -2.28. The predicted octanol–water partition coefficient (Wildman–Crippen LogP) is 4.38. The van der Waals surface area contributed by atoms with Crippen LogP contribution in [0.2, 0.25) is 0 Å². The monoisotopic (exact) mass is 333 g/mol. The molecule has 3 atom stereocenters. The lowest BCUT2D eigenvalue weighted by Crippen LogP contribution is -2.30. The van der Waals surface area contributed by atoms with Gasteiger partial charge < -0.3 is 0 Å². The summed E-state index contributed by atoms with van der Waals surface area (Å²) < 4.78 is 0. The zero-order valence-electron chi connectivity index (χ0n) is 14.7. The summed E-state index contributed by atoms with van der Waals surface area (Å²) in [6.07, 6.45) is 2.56. The van der Waals surface area contributed by atoms with Crippen molar-refractivity contribution in [1.82, 2.24) is 0 Å². The van der Waals surface area contributed by atoms with Gasteiger partial charge in [-0.1, -0.05) is 36.4 Å². The fourth-order valence-corrected chi connectivity index (χ4v) is 4.33. The van der Waals surface area contributed by atoms with Crippen molar-refractivity contribution in [3.05, 3.63) is 65.2 Å². The molecular formula is C22H23NO2. The minimum absolute atomic E-state index is 0.00948. The van der Waals surface area contributed by atoms with Crippen molar-refractivity contribution < 1.29 is 9.59 Å².